The second kappa shape index (κ2) is 4.97. The number of rotatable bonds is 4. The number of hydrogen-bond acceptors (Lipinski definition) is 5. The summed E-state index contributed by atoms with van der Waals surface area (Å²) in [5.74, 6) is -0.497. The molecule has 5 nitrogen and oxygen atoms in total. The number of pyridine rings is 1. The van der Waals surface area contributed by atoms with Crippen molar-refractivity contribution in [2.24, 2.45) is 0 Å². The quantitative estimate of drug-likeness (QED) is 0.854. The van der Waals surface area contributed by atoms with Crippen LogP contribution in [0.25, 0.3) is 10.9 Å². The Kier molecular flexibility index (Phi) is 3.53. The molecule has 1 aromatic heterocycles. The number of ketones is 1. The molecule has 0 aliphatic rings. The Morgan fingerprint density at radius 2 is 2.00 bits per heavy atom. The van der Waals surface area contributed by atoms with Crippen LogP contribution < -0.4 is 5.73 Å². The Morgan fingerprint density at radius 1 is 1.32 bits per heavy atom. The fourth-order valence-corrected chi connectivity index (χ4v) is 2.31. The largest absolute Gasteiger partial charge is 0.398 e. The molecule has 1 aromatic carbocycles. The number of fused-ring (bicyclic) bond motifs is 1. The number of hydrogen-bond donors (Lipinski definition) is 1. The average molecular weight is 278 g/mol. The molecule has 2 rings (SSSR count). The van der Waals surface area contributed by atoms with Crippen LogP contribution in [0.15, 0.2) is 30.3 Å². The molecule has 6 heteroatoms. The van der Waals surface area contributed by atoms with Gasteiger partial charge in [-0.25, -0.2) is 13.4 Å². The van der Waals surface area contributed by atoms with Gasteiger partial charge in [-0.3, -0.25) is 4.79 Å². The summed E-state index contributed by atoms with van der Waals surface area (Å²) in [6.07, 6.45) is 1.02. The van der Waals surface area contributed by atoms with Gasteiger partial charge in [0.25, 0.3) is 0 Å². The summed E-state index contributed by atoms with van der Waals surface area (Å²) in [4.78, 5) is 16.1. The third-order valence-electron chi connectivity index (χ3n) is 2.73. The maximum absolute atomic E-state index is 11.9. The lowest BCUT2D eigenvalue weighted by atomic mass is 10.1. The molecule has 0 fully saturated rings. The lowest BCUT2D eigenvalue weighted by Crippen LogP contribution is -2.11. The molecule has 0 aliphatic heterocycles. The molecular weight excluding hydrogens is 264 g/mol. The van der Waals surface area contributed by atoms with Crippen molar-refractivity contribution in [3.63, 3.8) is 0 Å². The Balaban J connectivity index is 2.33. The standard InChI is InChI=1S/C13H14N2O3S/c1-19(17,18)7-6-13(16)12-8-10(14)9-4-2-3-5-11(9)15-12/h2-5,8H,6-7H2,1H3,(H2,14,15). The lowest BCUT2D eigenvalue weighted by molar-refractivity contribution is 0.0984. The molecular formula is C13H14N2O3S. The number of aromatic nitrogens is 1. The van der Waals surface area contributed by atoms with Crippen LogP contribution >= 0.6 is 0 Å². The summed E-state index contributed by atoms with van der Waals surface area (Å²) < 4.78 is 22.1. The molecule has 0 bridgehead atoms. The molecule has 0 saturated heterocycles. The highest BCUT2D eigenvalue weighted by atomic mass is 32.2. The van der Waals surface area contributed by atoms with E-state index in [4.69, 9.17) is 5.73 Å². The van der Waals surface area contributed by atoms with E-state index < -0.39 is 9.84 Å². The molecule has 0 unspecified atom stereocenters. The summed E-state index contributed by atoms with van der Waals surface area (Å²) in [6.45, 7) is 0. The molecule has 0 radical (unpaired) electrons. The Bertz CT molecular complexity index is 739. The van der Waals surface area contributed by atoms with E-state index in [0.29, 0.717) is 11.2 Å². The maximum atomic E-state index is 11.9. The molecule has 2 aromatic rings. The van der Waals surface area contributed by atoms with Gasteiger partial charge in [-0.15, -0.1) is 0 Å². The fourth-order valence-electron chi connectivity index (χ4n) is 1.75. The van der Waals surface area contributed by atoms with Crippen molar-refractivity contribution in [2.75, 3.05) is 17.7 Å². The van der Waals surface area contributed by atoms with Gasteiger partial charge in [-0.1, -0.05) is 18.2 Å². The number of anilines is 1. The van der Waals surface area contributed by atoms with E-state index in [0.717, 1.165) is 11.6 Å². The summed E-state index contributed by atoms with van der Waals surface area (Å²) in [6, 6.07) is 8.72. The second-order valence-electron chi connectivity index (χ2n) is 4.42. The number of Topliss-reactive ketones (excluding diaryl/α,β-unsaturated/α-hetero) is 1. The van der Waals surface area contributed by atoms with E-state index in [1.54, 1.807) is 12.1 Å². The molecule has 0 amide bonds. The summed E-state index contributed by atoms with van der Waals surface area (Å²) in [5.41, 5.74) is 7.17. The number of nitrogen functional groups attached to an aromatic ring is 1. The number of nitrogens with zero attached hydrogens (tertiary/aromatic N) is 1. The van der Waals surface area contributed by atoms with Gasteiger partial charge in [-0.05, 0) is 12.1 Å². The molecule has 1 heterocycles. The highest BCUT2D eigenvalue weighted by Crippen LogP contribution is 2.20. The summed E-state index contributed by atoms with van der Waals surface area (Å²) in [7, 11) is -3.16. The van der Waals surface area contributed by atoms with Gasteiger partial charge in [0.05, 0.1) is 11.3 Å². The third kappa shape index (κ3) is 3.29. The van der Waals surface area contributed by atoms with Gasteiger partial charge in [0.2, 0.25) is 0 Å². The van der Waals surface area contributed by atoms with Crippen LogP contribution in [0.2, 0.25) is 0 Å². The number of carbonyl (C=O) groups excluding carboxylic acids is 1. The number of benzene rings is 1. The predicted octanol–water partition coefficient (Wildman–Crippen LogP) is 1.43. The zero-order valence-electron chi connectivity index (χ0n) is 10.5. The maximum Gasteiger partial charge on any atom is 0.182 e. The van der Waals surface area contributed by atoms with Crippen LogP contribution in [-0.2, 0) is 9.84 Å². The fraction of sp³-hybridized carbons (Fsp3) is 0.231. The van der Waals surface area contributed by atoms with Gasteiger partial charge < -0.3 is 5.73 Å². The Labute approximate surface area is 111 Å². The monoisotopic (exact) mass is 278 g/mol. The predicted molar refractivity (Wildman–Crippen MR) is 74.8 cm³/mol. The zero-order valence-corrected chi connectivity index (χ0v) is 11.3. The number of sulfone groups is 1. The first kappa shape index (κ1) is 13.5. The van der Waals surface area contributed by atoms with Crippen LogP contribution in [0, 0.1) is 0 Å². The van der Waals surface area contributed by atoms with E-state index in [2.05, 4.69) is 4.98 Å². The van der Waals surface area contributed by atoms with Gasteiger partial charge in [-0.2, -0.15) is 0 Å². The van der Waals surface area contributed by atoms with Gasteiger partial charge in [0.1, 0.15) is 15.5 Å². The Morgan fingerprint density at radius 3 is 2.68 bits per heavy atom. The summed E-state index contributed by atoms with van der Waals surface area (Å²) >= 11 is 0. The molecule has 19 heavy (non-hydrogen) atoms. The number of carbonyl (C=O) groups is 1. The van der Waals surface area contributed by atoms with Crippen LogP contribution in [0.3, 0.4) is 0 Å². The first-order valence-electron chi connectivity index (χ1n) is 5.73. The molecule has 0 saturated carbocycles. The van der Waals surface area contributed by atoms with Crippen LogP contribution in [0.1, 0.15) is 16.9 Å². The molecule has 0 atom stereocenters. The molecule has 2 N–H and O–H groups in total. The summed E-state index contributed by atoms with van der Waals surface area (Å²) in [5, 5.41) is 0.780. The third-order valence-corrected chi connectivity index (χ3v) is 3.68. The second-order valence-corrected chi connectivity index (χ2v) is 6.68. The number of nitrogens with two attached hydrogens (primary N) is 1. The van der Waals surface area contributed by atoms with Crippen molar-refractivity contribution in [1.82, 2.24) is 4.98 Å². The van der Waals surface area contributed by atoms with Crippen molar-refractivity contribution in [3.05, 3.63) is 36.0 Å². The lowest BCUT2D eigenvalue weighted by Gasteiger charge is -2.05. The van der Waals surface area contributed by atoms with Gasteiger partial charge in [0, 0.05) is 23.8 Å². The van der Waals surface area contributed by atoms with E-state index in [1.807, 2.05) is 12.1 Å². The van der Waals surface area contributed by atoms with Crippen molar-refractivity contribution in [3.8, 4) is 0 Å². The van der Waals surface area contributed by atoms with E-state index >= 15 is 0 Å². The minimum absolute atomic E-state index is 0.0797. The van der Waals surface area contributed by atoms with Crippen molar-refractivity contribution in [2.45, 2.75) is 6.42 Å². The van der Waals surface area contributed by atoms with Crippen molar-refractivity contribution in [1.29, 1.82) is 0 Å². The highest BCUT2D eigenvalue weighted by Gasteiger charge is 2.13. The minimum Gasteiger partial charge on any atom is -0.398 e. The SMILES string of the molecule is CS(=O)(=O)CCC(=O)c1cc(N)c2ccccc2n1. The highest BCUT2D eigenvalue weighted by molar-refractivity contribution is 7.90. The van der Waals surface area contributed by atoms with Gasteiger partial charge >= 0.3 is 0 Å². The van der Waals surface area contributed by atoms with E-state index in [-0.39, 0.29) is 23.7 Å². The van der Waals surface area contributed by atoms with Crippen LogP contribution in [0.4, 0.5) is 5.69 Å². The molecule has 0 aliphatic carbocycles. The topological polar surface area (TPSA) is 90.1 Å². The number of para-hydroxylation sites is 1. The van der Waals surface area contributed by atoms with E-state index in [1.165, 1.54) is 6.07 Å². The van der Waals surface area contributed by atoms with Crippen LogP contribution in [-0.4, -0.2) is 31.2 Å². The van der Waals surface area contributed by atoms with Crippen molar-refractivity contribution >= 4 is 32.2 Å². The molecule has 100 valence electrons. The molecule has 0 spiro atoms. The van der Waals surface area contributed by atoms with Crippen LogP contribution in [0.5, 0.6) is 0 Å². The van der Waals surface area contributed by atoms with Crippen molar-refractivity contribution < 1.29 is 13.2 Å². The minimum atomic E-state index is -3.16. The first-order valence-corrected chi connectivity index (χ1v) is 7.79. The average Bonchev–Trinajstić information content (AvgIpc) is 2.35. The Hall–Kier alpha value is -1.95. The first-order chi connectivity index (χ1) is 8.87. The smallest absolute Gasteiger partial charge is 0.182 e. The van der Waals surface area contributed by atoms with E-state index in [9.17, 15) is 13.2 Å². The van der Waals surface area contributed by atoms with Gasteiger partial charge in [0.15, 0.2) is 5.78 Å². The normalized spacial score (nSPS) is 11.6. The zero-order chi connectivity index (χ0) is 14.0.